The summed E-state index contributed by atoms with van der Waals surface area (Å²) in [6.45, 7) is 2.02. The summed E-state index contributed by atoms with van der Waals surface area (Å²) < 4.78 is 5.12. The molecule has 1 aromatic rings. The maximum atomic E-state index is 11.0. The molecule has 0 aromatic carbocycles. The van der Waals surface area contributed by atoms with Gasteiger partial charge in [0.1, 0.15) is 5.82 Å². The standard InChI is InChI=1S/C10H14N2O2S2/c1-2-8-11-10(16-12-8)15-7-5-3-4-6(7)9(13)14/h6-7H,2-5H2,1H3,(H,13,14). The van der Waals surface area contributed by atoms with Crippen molar-refractivity contribution in [2.75, 3.05) is 0 Å². The van der Waals surface area contributed by atoms with E-state index in [-0.39, 0.29) is 11.2 Å². The number of rotatable bonds is 4. The van der Waals surface area contributed by atoms with E-state index >= 15 is 0 Å². The highest BCUT2D eigenvalue weighted by Crippen LogP contribution is 2.39. The van der Waals surface area contributed by atoms with Gasteiger partial charge in [0.15, 0.2) is 4.34 Å². The van der Waals surface area contributed by atoms with E-state index in [1.807, 2.05) is 6.92 Å². The molecule has 2 rings (SSSR count). The molecule has 1 aliphatic rings. The molecule has 6 heteroatoms. The van der Waals surface area contributed by atoms with Gasteiger partial charge in [-0.2, -0.15) is 4.37 Å². The molecule has 0 bridgehead atoms. The molecule has 0 aliphatic heterocycles. The molecule has 1 saturated carbocycles. The topological polar surface area (TPSA) is 63.1 Å². The first-order valence-corrected chi connectivity index (χ1v) is 7.08. The van der Waals surface area contributed by atoms with Crippen molar-refractivity contribution in [2.45, 2.75) is 42.2 Å². The molecule has 4 nitrogen and oxygen atoms in total. The number of aryl methyl sites for hydroxylation is 1. The Balaban J connectivity index is 2.00. The molecule has 1 aromatic heterocycles. The van der Waals surface area contributed by atoms with Crippen molar-refractivity contribution in [3.8, 4) is 0 Å². The van der Waals surface area contributed by atoms with Crippen molar-refractivity contribution in [3.05, 3.63) is 5.82 Å². The van der Waals surface area contributed by atoms with Gasteiger partial charge in [-0.1, -0.05) is 25.1 Å². The van der Waals surface area contributed by atoms with Gasteiger partial charge in [-0.15, -0.1) is 0 Å². The van der Waals surface area contributed by atoms with Gasteiger partial charge in [-0.05, 0) is 24.4 Å². The van der Waals surface area contributed by atoms with E-state index in [4.69, 9.17) is 5.11 Å². The molecule has 0 radical (unpaired) electrons. The summed E-state index contributed by atoms with van der Waals surface area (Å²) in [6, 6.07) is 0. The summed E-state index contributed by atoms with van der Waals surface area (Å²) in [5, 5.41) is 9.24. The Morgan fingerprint density at radius 1 is 1.62 bits per heavy atom. The highest BCUT2D eigenvalue weighted by molar-refractivity contribution is 8.01. The molecule has 1 fully saturated rings. The van der Waals surface area contributed by atoms with Crippen LogP contribution in [-0.2, 0) is 11.2 Å². The Morgan fingerprint density at radius 2 is 2.44 bits per heavy atom. The number of carboxylic acids is 1. The van der Waals surface area contributed by atoms with Crippen molar-refractivity contribution in [1.82, 2.24) is 9.36 Å². The minimum absolute atomic E-state index is 0.176. The number of hydrogen-bond donors (Lipinski definition) is 1. The van der Waals surface area contributed by atoms with Crippen molar-refractivity contribution in [1.29, 1.82) is 0 Å². The molecular formula is C10H14N2O2S2. The maximum absolute atomic E-state index is 11.0. The fourth-order valence-electron chi connectivity index (χ4n) is 1.91. The highest BCUT2D eigenvalue weighted by atomic mass is 32.2. The van der Waals surface area contributed by atoms with Crippen LogP contribution in [0.4, 0.5) is 0 Å². The molecule has 1 heterocycles. The normalized spacial score (nSPS) is 24.8. The molecule has 1 N–H and O–H groups in total. The third-order valence-electron chi connectivity index (χ3n) is 2.79. The number of thioether (sulfide) groups is 1. The first kappa shape index (κ1) is 11.9. The summed E-state index contributed by atoms with van der Waals surface area (Å²) in [5.41, 5.74) is 0. The molecule has 1 aliphatic carbocycles. The summed E-state index contributed by atoms with van der Waals surface area (Å²) in [6.07, 6.45) is 3.62. The first-order valence-electron chi connectivity index (χ1n) is 5.42. The van der Waals surface area contributed by atoms with Crippen LogP contribution in [-0.4, -0.2) is 25.7 Å². The van der Waals surface area contributed by atoms with Crippen molar-refractivity contribution in [3.63, 3.8) is 0 Å². The van der Waals surface area contributed by atoms with Gasteiger partial charge < -0.3 is 5.11 Å². The van der Waals surface area contributed by atoms with Gasteiger partial charge in [0.05, 0.1) is 5.92 Å². The Bertz CT molecular complexity index is 381. The lowest BCUT2D eigenvalue weighted by Gasteiger charge is -2.12. The number of carboxylic acid groups (broad SMARTS) is 1. The maximum Gasteiger partial charge on any atom is 0.307 e. The lowest BCUT2D eigenvalue weighted by molar-refractivity contribution is -0.141. The summed E-state index contributed by atoms with van der Waals surface area (Å²) in [4.78, 5) is 15.4. The third-order valence-corrected chi connectivity index (χ3v) is 5.01. The molecule has 88 valence electrons. The molecule has 2 atom stereocenters. The number of nitrogens with zero attached hydrogens (tertiary/aromatic N) is 2. The minimum Gasteiger partial charge on any atom is -0.481 e. The van der Waals surface area contributed by atoms with Crippen LogP contribution in [0.25, 0.3) is 0 Å². The molecule has 0 spiro atoms. The fourth-order valence-corrected chi connectivity index (χ4v) is 4.18. The molecule has 0 saturated heterocycles. The average molecular weight is 258 g/mol. The van der Waals surface area contributed by atoms with E-state index in [0.717, 1.165) is 35.8 Å². The van der Waals surface area contributed by atoms with Gasteiger partial charge >= 0.3 is 5.97 Å². The second kappa shape index (κ2) is 5.14. The van der Waals surface area contributed by atoms with Crippen LogP contribution in [0.2, 0.25) is 0 Å². The predicted octanol–water partition coefficient (Wildman–Crippen LogP) is 2.45. The third kappa shape index (κ3) is 2.55. The second-order valence-electron chi connectivity index (χ2n) is 3.86. The Morgan fingerprint density at radius 3 is 3.06 bits per heavy atom. The second-order valence-corrected chi connectivity index (χ2v) is 6.10. The van der Waals surface area contributed by atoms with E-state index in [1.165, 1.54) is 11.5 Å². The van der Waals surface area contributed by atoms with Crippen molar-refractivity contribution < 1.29 is 9.90 Å². The van der Waals surface area contributed by atoms with E-state index < -0.39 is 5.97 Å². The molecule has 2 unspecified atom stereocenters. The zero-order valence-electron chi connectivity index (χ0n) is 9.05. The van der Waals surface area contributed by atoms with Crippen LogP contribution in [0.3, 0.4) is 0 Å². The van der Waals surface area contributed by atoms with E-state index in [9.17, 15) is 4.79 Å². The monoisotopic (exact) mass is 258 g/mol. The largest absolute Gasteiger partial charge is 0.481 e. The quantitative estimate of drug-likeness (QED) is 0.898. The number of hydrogen-bond acceptors (Lipinski definition) is 5. The summed E-state index contributed by atoms with van der Waals surface area (Å²) >= 11 is 2.97. The van der Waals surface area contributed by atoms with Gasteiger partial charge in [-0.25, -0.2) is 4.98 Å². The van der Waals surface area contributed by atoms with Gasteiger partial charge in [-0.3, -0.25) is 4.79 Å². The van der Waals surface area contributed by atoms with Gasteiger partial charge in [0.25, 0.3) is 0 Å². The van der Waals surface area contributed by atoms with Crippen LogP contribution in [0.5, 0.6) is 0 Å². The van der Waals surface area contributed by atoms with Crippen LogP contribution in [0.15, 0.2) is 4.34 Å². The van der Waals surface area contributed by atoms with Gasteiger partial charge in [0.2, 0.25) is 0 Å². The first-order chi connectivity index (χ1) is 7.70. The summed E-state index contributed by atoms with van der Waals surface area (Å²) in [7, 11) is 0. The molecular weight excluding hydrogens is 244 g/mol. The van der Waals surface area contributed by atoms with E-state index in [2.05, 4.69) is 9.36 Å². The van der Waals surface area contributed by atoms with Crippen LogP contribution in [0.1, 0.15) is 32.0 Å². The lowest BCUT2D eigenvalue weighted by Crippen LogP contribution is -2.19. The molecule has 0 amide bonds. The van der Waals surface area contributed by atoms with E-state index in [0.29, 0.717) is 0 Å². The van der Waals surface area contributed by atoms with Crippen molar-refractivity contribution >= 4 is 29.3 Å². The molecule has 16 heavy (non-hydrogen) atoms. The predicted molar refractivity (Wildman–Crippen MR) is 63.9 cm³/mol. The van der Waals surface area contributed by atoms with Crippen LogP contribution in [0, 0.1) is 5.92 Å². The Labute approximate surface area is 103 Å². The van der Waals surface area contributed by atoms with Crippen molar-refractivity contribution in [2.24, 2.45) is 5.92 Å². The number of aromatic nitrogens is 2. The SMILES string of the molecule is CCc1nsc(SC2CCCC2C(=O)O)n1. The highest BCUT2D eigenvalue weighted by Gasteiger charge is 2.34. The van der Waals surface area contributed by atoms with Gasteiger partial charge in [0, 0.05) is 11.7 Å². The van der Waals surface area contributed by atoms with E-state index in [1.54, 1.807) is 11.8 Å². The fraction of sp³-hybridized carbons (Fsp3) is 0.700. The van der Waals surface area contributed by atoms with Crippen LogP contribution >= 0.6 is 23.3 Å². The lowest BCUT2D eigenvalue weighted by atomic mass is 10.1. The zero-order valence-corrected chi connectivity index (χ0v) is 10.7. The number of carbonyl (C=O) groups is 1. The Kier molecular flexibility index (Phi) is 3.81. The number of aliphatic carboxylic acids is 1. The van der Waals surface area contributed by atoms with Crippen LogP contribution < -0.4 is 0 Å². The smallest absolute Gasteiger partial charge is 0.307 e. The summed E-state index contributed by atoms with van der Waals surface area (Å²) in [5.74, 6) is -0.0217. The minimum atomic E-state index is -0.671. The average Bonchev–Trinajstić information content (AvgIpc) is 2.87. The zero-order chi connectivity index (χ0) is 11.5. The Hall–Kier alpha value is -0.620.